The Morgan fingerprint density at radius 1 is 0.889 bits per heavy atom. The quantitative estimate of drug-likeness (QED) is 0.530. The number of hydrogen-bond donors (Lipinski definition) is 0. The molecule has 2 fully saturated rings. The van der Waals surface area contributed by atoms with Crippen molar-refractivity contribution in [2.45, 2.75) is 32.8 Å². The molecule has 0 nitrogen and oxygen atoms in total. The van der Waals surface area contributed by atoms with Crippen molar-refractivity contribution >= 4 is 69.6 Å². The molecule has 3 rings (SSSR count). The highest BCUT2D eigenvalue weighted by Crippen LogP contribution is 2.78. The van der Waals surface area contributed by atoms with Crippen LogP contribution < -0.4 is 0 Å². The van der Waals surface area contributed by atoms with Crippen LogP contribution in [0.2, 0.25) is 0 Å². The highest BCUT2D eigenvalue weighted by Gasteiger charge is 2.82. The van der Waals surface area contributed by atoms with Crippen LogP contribution in [0.15, 0.2) is 10.1 Å². The van der Waals surface area contributed by atoms with Gasteiger partial charge in [0, 0.05) is 12.3 Å². The minimum Gasteiger partial charge on any atom is -0.207 e. The van der Waals surface area contributed by atoms with Crippen LogP contribution in [0, 0.1) is 11.8 Å². The van der Waals surface area contributed by atoms with E-state index in [1.807, 2.05) is 0 Å². The van der Waals surface area contributed by atoms with Crippen molar-refractivity contribution in [2.75, 3.05) is 0 Å². The summed E-state index contributed by atoms with van der Waals surface area (Å²) < 4.78 is 24.8. The zero-order valence-corrected chi connectivity index (χ0v) is 13.1. The van der Waals surface area contributed by atoms with Crippen LogP contribution in [0.5, 0.6) is 0 Å². The molecule has 0 aliphatic heterocycles. The average Bonchev–Trinajstić information content (AvgIpc) is 2.82. The third kappa shape index (κ3) is 1.31. The SMILES string of the molecule is FC1(F)C[C@@H]1[C@@H]1C[C@@]2(Cl)C(Cl)=C(Cl)[C@@]1(Cl)C2(Cl)Cl. The van der Waals surface area contributed by atoms with Crippen LogP contribution in [-0.2, 0) is 0 Å². The lowest BCUT2D eigenvalue weighted by atomic mass is 9.87. The lowest BCUT2D eigenvalue weighted by molar-refractivity contribution is 0.0820. The van der Waals surface area contributed by atoms with Crippen LogP contribution in [0.4, 0.5) is 8.78 Å². The van der Waals surface area contributed by atoms with E-state index in [4.69, 9.17) is 69.6 Å². The van der Waals surface area contributed by atoms with Crippen molar-refractivity contribution in [1.82, 2.24) is 0 Å². The van der Waals surface area contributed by atoms with E-state index in [2.05, 4.69) is 0 Å². The number of halogens is 8. The fourth-order valence-electron chi connectivity index (χ4n) is 3.05. The molecule has 102 valence electrons. The highest BCUT2D eigenvalue weighted by atomic mass is 35.5. The zero-order valence-electron chi connectivity index (χ0n) is 8.59. The Kier molecular flexibility index (Phi) is 2.83. The Balaban J connectivity index is 2.11. The number of hydrogen-bond acceptors (Lipinski definition) is 0. The van der Waals surface area contributed by atoms with Crippen LogP contribution in [0.25, 0.3) is 0 Å². The van der Waals surface area contributed by atoms with Gasteiger partial charge in [0.05, 0.1) is 10.1 Å². The normalized spacial score (nSPS) is 52.0. The first-order chi connectivity index (χ1) is 8.00. The third-order valence-electron chi connectivity index (χ3n) is 4.19. The van der Waals surface area contributed by atoms with E-state index >= 15 is 0 Å². The molecule has 0 radical (unpaired) electrons. The smallest absolute Gasteiger partial charge is 0.207 e. The van der Waals surface area contributed by atoms with Crippen LogP contribution in [-0.4, -0.2) is 20.0 Å². The van der Waals surface area contributed by atoms with E-state index in [9.17, 15) is 8.78 Å². The van der Waals surface area contributed by atoms with Gasteiger partial charge in [0.1, 0.15) is 9.75 Å². The molecule has 3 aliphatic rings. The monoisotopic (exact) mass is 374 g/mol. The molecule has 0 amide bonds. The van der Waals surface area contributed by atoms with Crippen molar-refractivity contribution in [3.8, 4) is 0 Å². The van der Waals surface area contributed by atoms with Crippen molar-refractivity contribution in [2.24, 2.45) is 11.8 Å². The topological polar surface area (TPSA) is 0 Å². The summed E-state index contributed by atoms with van der Waals surface area (Å²) >= 11 is 37.2. The van der Waals surface area contributed by atoms with E-state index in [-0.39, 0.29) is 22.9 Å². The second kappa shape index (κ2) is 3.56. The third-order valence-corrected chi connectivity index (χ3v) is 8.48. The Bertz CT molecular complexity index is 475. The van der Waals surface area contributed by atoms with Gasteiger partial charge in [-0.2, -0.15) is 0 Å². The van der Waals surface area contributed by atoms with Gasteiger partial charge in [-0.1, -0.05) is 46.4 Å². The standard InChI is InChI=1S/C10H6Cl6F2/c11-5-6(12)9(14)4(3-2-8(3,17)18)1-7(5,13)10(9,15)16/h3-4H,1-2H2/t3-,4+,7-,9-/m1/s1. The van der Waals surface area contributed by atoms with Gasteiger partial charge >= 0.3 is 0 Å². The minimum absolute atomic E-state index is 0.00946. The van der Waals surface area contributed by atoms with Gasteiger partial charge in [-0.25, -0.2) is 8.78 Å². The zero-order chi connectivity index (χ0) is 13.7. The molecular formula is C10H6Cl6F2. The summed E-state index contributed by atoms with van der Waals surface area (Å²) in [5.41, 5.74) is 0. The summed E-state index contributed by atoms with van der Waals surface area (Å²) in [6.07, 6.45) is -0.148. The van der Waals surface area contributed by atoms with E-state index in [1.165, 1.54) is 0 Å². The van der Waals surface area contributed by atoms with Crippen molar-refractivity contribution in [3.05, 3.63) is 10.1 Å². The second-order valence-electron chi connectivity index (χ2n) is 5.10. The summed E-state index contributed by atoms with van der Waals surface area (Å²) in [7, 11) is 0. The van der Waals surface area contributed by atoms with Gasteiger partial charge in [-0.3, -0.25) is 0 Å². The first kappa shape index (κ1) is 14.3. The average molecular weight is 377 g/mol. The Morgan fingerprint density at radius 3 is 1.72 bits per heavy atom. The molecule has 0 aromatic rings. The predicted molar refractivity (Wildman–Crippen MR) is 71.5 cm³/mol. The van der Waals surface area contributed by atoms with Crippen molar-refractivity contribution < 1.29 is 8.78 Å². The van der Waals surface area contributed by atoms with Crippen molar-refractivity contribution in [3.63, 3.8) is 0 Å². The fourth-order valence-corrected chi connectivity index (χ4v) is 5.90. The Morgan fingerprint density at radius 2 is 1.39 bits per heavy atom. The van der Waals surface area contributed by atoms with Gasteiger partial charge in [0.25, 0.3) is 5.92 Å². The number of rotatable bonds is 1. The molecule has 18 heavy (non-hydrogen) atoms. The van der Waals surface area contributed by atoms with E-state index < -0.39 is 31.8 Å². The Labute approximate surface area is 132 Å². The lowest BCUT2D eigenvalue weighted by Gasteiger charge is -2.33. The summed E-state index contributed by atoms with van der Waals surface area (Å²) in [6.45, 7) is 0. The molecule has 0 heterocycles. The molecule has 0 spiro atoms. The van der Waals surface area contributed by atoms with Gasteiger partial charge in [-0.15, -0.1) is 23.2 Å². The van der Waals surface area contributed by atoms with E-state index in [1.54, 1.807) is 0 Å². The highest BCUT2D eigenvalue weighted by molar-refractivity contribution is 6.65. The molecule has 3 aliphatic carbocycles. The molecule has 0 saturated heterocycles. The maximum Gasteiger partial charge on any atom is 0.252 e. The first-order valence-electron chi connectivity index (χ1n) is 5.20. The molecular weight excluding hydrogens is 371 g/mol. The summed E-state index contributed by atoms with van der Waals surface area (Å²) in [5.74, 6) is -4.33. The maximum absolute atomic E-state index is 13.3. The molecule has 2 saturated carbocycles. The predicted octanol–water partition coefficient (Wildman–Crippen LogP) is 5.49. The van der Waals surface area contributed by atoms with E-state index in [0.717, 1.165) is 0 Å². The van der Waals surface area contributed by atoms with Crippen LogP contribution >= 0.6 is 69.6 Å². The number of fused-ring (bicyclic) bond motifs is 2. The van der Waals surface area contributed by atoms with Gasteiger partial charge < -0.3 is 0 Å². The summed E-state index contributed by atoms with van der Waals surface area (Å²) in [5, 5.41) is 0.0517. The second-order valence-corrected chi connectivity index (χ2v) is 8.42. The molecule has 2 bridgehead atoms. The van der Waals surface area contributed by atoms with Crippen LogP contribution in [0.1, 0.15) is 12.8 Å². The fraction of sp³-hybridized carbons (Fsp3) is 0.800. The summed E-state index contributed by atoms with van der Waals surface area (Å²) in [4.78, 5) is -2.93. The minimum atomic E-state index is -2.75. The van der Waals surface area contributed by atoms with Crippen molar-refractivity contribution in [1.29, 1.82) is 0 Å². The first-order valence-corrected chi connectivity index (χ1v) is 7.46. The van der Waals surface area contributed by atoms with Gasteiger partial charge in [-0.05, 0) is 12.3 Å². The summed E-state index contributed by atoms with van der Waals surface area (Å²) in [6, 6.07) is 0. The molecule has 0 aromatic carbocycles. The number of alkyl halides is 6. The Hall–Kier alpha value is 1.34. The van der Waals surface area contributed by atoms with Gasteiger partial charge in [0.15, 0.2) is 4.33 Å². The van der Waals surface area contributed by atoms with Gasteiger partial charge in [0.2, 0.25) is 0 Å². The molecule has 4 atom stereocenters. The van der Waals surface area contributed by atoms with E-state index in [0.29, 0.717) is 0 Å². The molecule has 0 N–H and O–H groups in total. The molecule has 0 unspecified atom stereocenters. The molecule has 8 heteroatoms. The molecule has 0 aromatic heterocycles. The van der Waals surface area contributed by atoms with Crippen LogP contribution in [0.3, 0.4) is 0 Å². The maximum atomic E-state index is 13.3. The largest absolute Gasteiger partial charge is 0.252 e. The lowest BCUT2D eigenvalue weighted by Crippen LogP contribution is -2.44. The number of allylic oxidation sites excluding steroid dienone is 2.